The summed E-state index contributed by atoms with van der Waals surface area (Å²) < 4.78 is 0. The second-order valence-corrected chi connectivity index (χ2v) is 7.19. The number of carbonyl (C=O) groups excluding carboxylic acids is 2. The highest BCUT2D eigenvalue weighted by Crippen LogP contribution is 2.40. The lowest BCUT2D eigenvalue weighted by Gasteiger charge is -2.49. The molecule has 8 nitrogen and oxygen atoms in total. The molecule has 1 aromatic heterocycles. The minimum absolute atomic E-state index is 0.0222. The minimum atomic E-state index is -1.17. The van der Waals surface area contributed by atoms with Crippen molar-refractivity contribution in [3.63, 3.8) is 0 Å². The first-order chi connectivity index (χ1) is 11.4. The quantitative estimate of drug-likeness (QED) is 0.635. The standard InChI is InChI=1S/C14H14N4O4S2/c1-2-6-4-23-12-9(11(20)18(12)10(6)13(21)22)17-8(19)3-7-5-24-14(15)16-7/h2,5,9,12H,1,3-4H2,(H2,15,16)(H,17,19)(H,21,22)/t9?,12-/m0/s1. The van der Waals surface area contributed by atoms with Crippen molar-refractivity contribution < 1.29 is 19.5 Å². The topological polar surface area (TPSA) is 126 Å². The SMILES string of the molecule is C=CC1=C(C(=O)O)N2C(=O)C(NC(=O)Cc3csc(N)n3)[C@@H]2SC1. The zero-order chi connectivity index (χ0) is 17.4. The first-order valence-corrected chi connectivity index (χ1v) is 8.88. The molecule has 10 heteroatoms. The molecule has 3 rings (SSSR count). The van der Waals surface area contributed by atoms with E-state index in [1.54, 1.807) is 5.38 Å². The van der Waals surface area contributed by atoms with Crippen molar-refractivity contribution in [1.82, 2.24) is 15.2 Å². The molecule has 1 aromatic rings. The number of thiazole rings is 1. The van der Waals surface area contributed by atoms with Crippen LogP contribution < -0.4 is 11.1 Å². The molecule has 0 spiro atoms. The molecule has 0 radical (unpaired) electrons. The van der Waals surface area contributed by atoms with Crippen LogP contribution in [0.5, 0.6) is 0 Å². The van der Waals surface area contributed by atoms with E-state index in [0.717, 1.165) is 0 Å². The third-order valence-corrected chi connectivity index (χ3v) is 5.70. The van der Waals surface area contributed by atoms with Gasteiger partial charge in [-0.15, -0.1) is 23.1 Å². The van der Waals surface area contributed by atoms with E-state index in [0.29, 0.717) is 22.2 Å². The van der Waals surface area contributed by atoms with Crippen molar-refractivity contribution in [2.24, 2.45) is 0 Å². The molecule has 0 aliphatic carbocycles. The summed E-state index contributed by atoms with van der Waals surface area (Å²) in [6.07, 6.45) is 1.47. The molecule has 1 saturated heterocycles. The van der Waals surface area contributed by atoms with Gasteiger partial charge in [0.15, 0.2) is 5.13 Å². The number of aliphatic carboxylic acids is 1. The van der Waals surface area contributed by atoms with E-state index in [2.05, 4.69) is 16.9 Å². The molecule has 126 valence electrons. The molecule has 24 heavy (non-hydrogen) atoms. The van der Waals surface area contributed by atoms with Crippen molar-refractivity contribution in [3.05, 3.63) is 35.0 Å². The van der Waals surface area contributed by atoms with Gasteiger partial charge in [-0.25, -0.2) is 9.78 Å². The van der Waals surface area contributed by atoms with Gasteiger partial charge in [0.1, 0.15) is 17.1 Å². The van der Waals surface area contributed by atoms with E-state index in [1.165, 1.54) is 34.1 Å². The van der Waals surface area contributed by atoms with Gasteiger partial charge in [0, 0.05) is 11.1 Å². The van der Waals surface area contributed by atoms with Crippen LogP contribution in [0.25, 0.3) is 0 Å². The van der Waals surface area contributed by atoms with E-state index in [9.17, 15) is 19.5 Å². The highest BCUT2D eigenvalue weighted by Gasteiger charge is 2.53. The number of hydrogen-bond donors (Lipinski definition) is 3. The molecule has 1 unspecified atom stereocenters. The van der Waals surface area contributed by atoms with Crippen LogP contribution in [0, 0.1) is 0 Å². The Labute approximate surface area is 145 Å². The number of carboxylic acids is 1. The Hall–Kier alpha value is -2.33. The third-order valence-electron chi connectivity index (χ3n) is 3.67. The molecular formula is C14H14N4O4S2. The van der Waals surface area contributed by atoms with Crippen molar-refractivity contribution in [2.75, 3.05) is 11.5 Å². The van der Waals surface area contributed by atoms with E-state index >= 15 is 0 Å². The smallest absolute Gasteiger partial charge is 0.352 e. The van der Waals surface area contributed by atoms with Gasteiger partial charge in [-0.2, -0.15) is 0 Å². The Morgan fingerprint density at radius 2 is 2.33 bits per heavy atom. The summed E-state index contributed by atoms with van der Waals surface area (Å²) in [6.45, 7) is 3.58. The Kier molecular flexibility index (Phi) is 4.33. The van der Waals surface area contributed by atoms with E-state index in [4.69, 9.17) is 5.73 Å². The van der Waals surface area contributed by atoms with Gasteiger partial charge < -0.3 is 16.2 Å². The molecule has 2 aliphatic heterocycles. The summed E-state index contributed by atoms with van der Waals surface area (Å²) in [6, 6.07) is -0.737. The fourth-order valence-electron chi connectivity index (χ4n) is 2.59. The van der Waals surface area contributed by atoms with Crippen LogP contribution in [0.4, 0.5) is 5.13 Å². The summed E-state index contributed by atoms with van der Waals surface area (Å²) in [4.78, 5) is 41.0. The number of nitrogens with two attached hydrogens (primary N) is 1. The van der Waals surface area contributed by atoms with Crippen LogP contribution in [0.1, 0.15) is 5.69 Å². The normalized spacial score (nSPS) is 22.7. The summed E-state index contributed by atoms with van der Waals surface area (Å²) in [7, 11) is 0. The zero-order valence-electron chi connectivity index (χ0n) is 12.4. The number of aromatic nitrogens is 1. The Morgan fingerprint density at radius 3 is 2.92 bits per heavy atom. The number of anilines is 1. The Morgan fingerprint density at radius 1 is 1.58 bits per heavy atom. The van der Waals surface area contributed by atoms with E-state index in [1.807, 2.05) is 0 Å². The van der Waals surface area contributed by atoms with Crippen LogP contribution in [-0.4, -0.2) is 49.9 Å². The third kappa shape index (κ3) is 2.78. The average molecular weight is 366 g/mol. The number of carboxylic acid groups (broad SMARTS) is 1. The lowest BCUT2D eigenvalue weighted by molar-refractivity contribution is -0.150. The first kappa shape index (κ1) is 16.5. The maximum absolute atomic E-state index is 12.3. The number of β-lactam (4-membered cyclic amide) rings is 1. The highest BCUT2D eigenvalue weighted by molar-refractivity contribution is 8.00. The van der Waals surface area contributed by atoms with E-state index in [-0.39, 0.29) is 18.0 Å². The number of thioether (sulfide) groups is 1. The van der Waals surface area contributed by atoms with Crippen molar-refractivity contribution in [3.8, 4) is 0 Å². The number of fused-ring (bicyclic) bond motifs is 1. The lowest BCUT2D eigenvalue weighted by atomic mass is 10.0. The Balaban J connectivity index is 1.69. The summed E-state index contributed by atoms with van der Waals surface area (Å²) in [5.74, 6) is -1.54. The fourth-order valence-corrected chi connectivity index (χ4v) is 4.50. The largest absolute Gasteiger partial charge is 0.477 e. The first-order valence-electron chi connectivity index (χ1n) is 6.95. The van der Waals surface area contributed by atoms with Crippen molar-refractivity contribution in [2.45, 2.75) is 17.8 Å². The van der Waals surface area contributed by atoms with Crippen LogP contribution in [0.2, 0.25) is 0 Å². The molecule has 0 aromatic carbocycles. The molecule has 0 saturated carbocycles. The highest BCUT2D eigenvalue weighted by atomic mass is 32.2. The predicted molar refractivity (Wildman–Crippen MR) is 90.1 cm³/mol. The minimum Gasteiger partial charge on any atom is -0.477 e. The Bertz CT molecular complexity index is 773. The maximum Gasteiger partial charge on any atom is 0.352 e. The molecule has 2 amide bonds. The molecule has 3 heterocycles. The monoisotopic (exact) mass is 366 g/mol. The summed E-state index contributed by atoms with van der Waals surface area (Å²) >= 11 is 2.63. The number of nitrogen functional groups attached to an aromatic ring is 1. The van der Waals surface area contributed by atoms with Gasteiger partial charge in [0.25, 0.3) is 5.91 Å². The number of nitrogens with zero attached hydrogens (tertiary/aromatic N) is 2. The van der Waals surface area contributed by atoms with Crippen LogP contribution >= 0.6 is 23.1 Å². The van der Waals surface area contributed by atoms with Gasteiger partial charge in [-0.3, -0.25) is 14.5 Å². The summed E-state index contributed by atoms with van der Waals surface area (Å²) in [5, 5.41) is 13.6. The van der Waals surface area contributed by atoms with Gasteiger partial charge in [0.05, 0.1) is 12.1 Å². The fraction of sp³-hybridized carbons (Fsp3) is 0.286. The van der Waals surface area contributed by atoms with Crippen molar-refractivity contribution in [1.29, 1.82) is 0 Å². The second-order valence-electron chi connectivity index (χ2n) is 5.19. The molecular weight excluding hydrogens is 352 g/mol. The maximum atomic E-state index is 12.3. The van der Waals surface area contributed by atoms with Gasteiger partial charge in [-0.1, -0.05) is 12.7 Å². The number of rotatable bonds is 5. The number of carbonyl (C=O) groups is 3. The average Bonchev–Trinajstić information content (AvgIpc) is 2.95. The zero-order valence-corrected chi connectivity index (χ0v) is 14.0. The summed E-state index contributed by atoms with van der Waals surface area (Å²) in [5.41, 5.74) is 6.49. The molecule has 0 bridgehead atoms. The molecule has 2 atom stereocenters. The number of nitrogens with one attached hydrogen (secondary N) is 1. The number of allylic oxidation sites excluding steroid dienone is 1. The van der Waals surface area contributed by atoms with Gasteiger partial charge in [-0.05, 0) is 5.57 Å². The number of amides is 2. The van der Waals surface area contributed by atoms with Gasteiger partial charge in [0.2, 0.25) is 5.91 Å². The van der Waals surface area contributed by atoms with Gasteiger partial charge >= 0.3 is 5.97 Å². The predicted octanol–water partition coefficient (Wildman–Crippen LogP) is 0.192. The van der Waals surface area contributed by atoms with Crippen LogP contribution in [0.3, 0.4) is 0 Å². The molecule has 1 fully saturated rings. The van der Waals surface area contributed by atoms with Crippen LogP contribution in [-0.2, 0) is 20.8 Å². The second kappa shape index (κ2) is 6.29. The molecule has 4 N–H and O–H groups in total. The molecule has 2 aliphatic rings. The lowest BCUT2D eigenvalue weighted by Crippen LogP contribution is -2.70. The van der Waals surface area contributed by atoms with E-state index < -0.39 is 23.3 Å². The van der Waals surface area contributed by atoms with Crippen molar-refractivity contribution >= 4 is 46.0 Å². The number of hydrogen-bond acceptors (Lipinski definition) is 7. The van der Waals surface area contributed by atoms with Crippen LogP contribution in [0.15, 0.2) is 29.3 Å².